The van der Waals surface area contributed by atoms with Crippen LogP contribution in [0.15, 0.2) is 34.8 Å². The number of carbonyl (C=O) groups is 1. The highest BCUT2D eigenvalue weighted by Gasteiger charge is 2.29. The minimum Gasteiger partial charge on any atom is -0.496 e. The van der Waals surface area contributed by atoms with Crippen LogP contribution < -0.4 is 4.74 Å². The molecule has 8 heteroatoms. The summed E-state index contributed by atoms with van der Waals surface area (Å²) >= 11 is 15.8. The van der Waals surface area contributed by atoms with Gasteiger partial charge in [-0.25, -0.2) is 9.48 Å². The van der Waals surface area contributed by atoms with Crippen molar-refractivity contribution in [1.29, 1.82) is 0 Å². The van der Waals surface area contributed by atoms with Gasteiger partial charge in [0.05, 0.1) is 23.0 Å². The highest BCUT2D eigenvalue weighted by molar-refractivity contribution is 9.10. The maximum atomic E-state index is 11.8. The molecule has 0 atom stereocenters. The Morgan fingerprint density at radius 3 is 2.52 bits per heavy atom. The van der Waals surface area contributed by atoms with Crippen LogP contribution in [0.5, 0.6) is 5.75 Å². The Kier molecular flexibility index (Phi) is 4.66. The van der Waals surface area contributed by atoms with Crippen LogP contribution in [0.25, 0.3) is 16.9 Å². The Balaban J connectivity index is 2.03. The molecule has 0 bridgehead atoms. The molecule has 0 saturated carbocycles. The molecule has 138 valence electrons. The van der Waals surface area contributed by atoms with E-state index in [1.807, 2.05) is 12.1 Å². The zero-order chi connectivity index (χ0) is 19.3. The maximum absolute atomic E-state index is 11.8. The molecule has 1 aliphatic rings. The number of carboxylic acids is 1. The van der Waals surface area contributed by atoms with E-state index in [4.69, 9.17) is 27.9 Å². The number of hydrogen-bond donors (Lipinski definition) is 1. The number of rotatable bonds is 3. The molecule has 0 radical (unpaired) electrons. The lowest BCUT2D eigenvalue weighted by Gasteiger charge is -2.20. The van der Waals surface area contributed by atoms with E-state index in [9.17, 15) is 9.90 Å². The predicted molar refractivity (Wildman–Crippen MR) is 108 cm³/mol. The van der Waals surface area contributed by atoms with Gasteiger partial charge in [-0.15, -0.1) is 0 Å². The number of halogens is 3. The van der Waals surface area contributed by atoms with E-state index >= 15 is 0 Å². The molecule has 0 unspecified atom stereocenters. The van der Waals surface area contributed by atoms with Gasteiger partial charge in [-0.2, -0.15) is 5.10 Å². The second kappa shape index (κ2) is 6.86. The maximum Gasteiger partial charge on any atom is 0.356 e. The highest BCUT2D eigenvalue weighted by atomic mass is 79.9. The van der Waals surface area contributed by atoms with Crippen molar-refractivity contribution in [2.24, 2.45) is 0 Å². The van der Waals surface area contributed by atoms with E-state index in [1.54, 1.807) is 30.0 Å². The molecule has 5 nitrogen and oxygen atoms in total. The Hall–Kier alpha value is -2.02. The number of ether oxygens (including phenoxy) is 1. The molecule has 0 spiro atoms. The van der Waals surface area contributed by atoms with Crippen molar-refractivity contribution in [3.05, 3.63) is 61.7 Å². The Labute approximate surface area is 173 Å². The van der Waals surface area contributed by atoms with Crippen molar-refractivity contribution in [3.63, 3.8) is 0 Å². The van der Waals surface area contributed by atoms with Gasteiger partial charge in [0, 0.05) is 21.2 Å². The standard InChI is InChI=1S/C19H13BrCl2N2O3/c1-27-16-4-9-2-3-13-17(19(25)26)23-24(18(13)14(9)8-15(16)20)12-6-10(21)5-11(22)7-12/h4-8H,2-3H2,1H3,(H,25,26). The van der Waals surface area contributed by atoms with Crippen LogP contribution in [0.2, 0.25) is 10.0 Å². The van der Waals surface area contributed by atoms with Gasteiger partial charge in [-0.3, -0.25) is 0 Å². The average molecular weight is 468 g/mol. The van der Waals surface area contributed by atoms with E-state index in [1.165, 1.54) is 0 Å². The van der Waals surface area contributed by atoms with E-state index in [0.717, 1.165) is 27.0 Å². The lowest BCUT2D eigenvalue weighted by molar-refractivity contribution is 0.0688. The molecule has 0 saturated heterocycles. The zero-order valence-corrected chi connectivity index (χ0v) is 17.2. The van der Waals surface area contributed by atoms with E-state index in [-0.39, 0.29) is 5.69 Å². The number of hydrogen-bond acceptors (Lipinski definition) is 3. The Morgan fingerprint density at radius 1 is 1.19 bits per heavy atom. The number of nitrogens with zero attached hydrogens (tertiary/aromatic N) is 2. The lowest BCUT2D eigenvalue weighted by Crippen LogP contribution is -2.09. The summed E-state index contributed by atoms with van der Waals surface area (Å²) in [6, 6.07) is 8.93. The molecule has 0 aliphatic heterocycles. The van der Waals surface area contributed by atoms with Gasteiger partial charge in [0.2, 0.25) is 0 Å². The number of methoxy groups -OCH3 is 1. The molecule has 1 heterocycles. The molecular weight excluding hydrogens is 455 g/mol. The monoisotopic (exact) mass is 466 g/mol. The summed E-state index contributed by atoms with van der Waals surface area (Å²) < 4.78 is 7.78. The molecule has 2 aromatic carbocycles. The smallest absolute Gasteiger partial charge is 0.356 e. The van der Waals surface area contributed by atoms with Gasteiger partial charge in [-0.1, -0.05) is 23.2 Å². The summed E-state index contributed by atoms with van der Waals surface area (Å²) in [6.07, 6.45) is 1.28. The largest absolute Gasteiger partial charge is 0.496 e. The molecular formula is C19H13BrCl2N2O3. The second-order valence-electron chi connectivity index (χ2n) is 6.16. The minimum absolute atomic E-state index is 0.0405. The summed E-state index contributed by atoms with van der Waals surface area (Å²) in [5.41, 5.74) is 4.04. The van der Waals surface area contributed by atoms with E-state index < -0.39 is 5.97 Å². The van der Waals surface area contributed by atoms with Gasteiger partial charge in [0.25, 0.3) is 0 Å². The summed E-state index contributed by atoms with van der Waals surface area (Å²) in [5, 5.41) is 14.9. The Bertz CT molecular complexity index is 1070. The third-order valence-corrected chi connectivity index (χ3v) is 5.61. The number of aryl methyl sites for hydroxylation is 1. The van der Waals surface area contributed by atoms with Crippen molar-refractivity contribution in [2.75, 3.05) is 7.11 Å². The SMILES string of the molecule is COc1cc2c(cc1Br)-c1c(c(C(=O)O)nn1-c1cc(Cl)cc(Cl)c1)CC2. The highest BCUT2D eigenvalue weighted by Crippen LogP contribution is 2.41. The van der Waals surface area contributed by atoms with Crippen LogP contribution in [0.3, 0.4) is 0 Å². The molecule has 1 N–H and O–H groups in total. The first-order valence-corrected chi connectivity index (χ1v) is 9.62. The van der Waals surface area contributed by atoms with Crippen LogP contribution >= 0.6 is 39.1 Å². The van der Waals surface area contributed by atoms with Crippen LogP contribution in [-0.2, 0) is 12.8 Å². The van der Waals surface area contributed by atoms with Crippen molar-refractivity contribution in [1.82, 2.24) is 9.78 Å². The number of benzene rings is 2. The molecule has 1 aliphatic carbocycles. The van der Waals surface area contributed by atoms with E-state index in [2.05, 4.69) is 21.0 Å². The van der Waals surface area contributed by atoms with Crippen LogP contribution in [0.1, 0.15) is 21.6 Å². The first-order chi connectivity index (χ1) is 12.9. The fourth-order valence-corrected chi connectivity index (χ4v) is 4.44. The minimum atomic E-state index is -1.06. The number of carboxylic acid groups (broad SMARTS) is 1. The molecule has 0 amide bonds. The van der Waals surface area contributed by atoms with E-state index in [0.29, 0.717) is 34.1 Å². The third kappa shape index (κ3) is 3.12. The first kappa shape index (κ1) is 18.3. The summed E-state index contributed by atoms with van der Waals surface area (Å²) in [4.78, 5) is 11.8. The summed E-state index contributed by atoms with van der Waals surface area (Å²) in [5.74, 6) is -0.332. The topological polar surface area (TPSA) is 64.3 Å². The third-order valence-electron chi connectivity index (χ3n) is 4.56. The van der Waals surface area contributed by atoms with Gasteiger partial charge >= 0.3 is 5.97 Å². The van der Waals surface area contributed by atoms with Crippen molar-refractivity contribution in [2.45, 2.75) is 12.8 Å². The van der Waals surface area contributed by atoms with Gasteiger partial charge in [-0.05, 0) is 64.7 Å². The van der Waals surface area contributed by atoms with Crippen LogP contribution in [0, 0.1) is 0 Å². The normalized spacial score (nSPS) is 12.4. The van der Waals surface area contributed by atoms with Crippen molar-refractivity contribution in [3.8, 4) is 22.7 Å². The summed E-state index contributed by atoms with van der Waals surface area (Å²) in [6.45, 7) is 0. The van der Waals surface area contributed by atoms with Gasteiger partial charge in [0.1, 0.15) is 5.75 Å². The van der Waals surface area contributed by atoms with Gasteiger partial charge in [0.15, 0.2) is 5.69 Å². The Morgan fingerprint density at radius 2 is 1.89 bits per heavy atom. The average Bonchev–Trinajstić information content (AvgIpc) is 3.00. The quantitative estimate of drug-likeness (QED) is 0.559. The fraction of sp³-hybridized carbons (Fsp3) is 0.158. The number of aromatic carboxylic acids is 1. The van der Waals surface area contributed by atoms with Crippen LogP contribution in [-0.4, -0.2) is 28.0 Å². The first-order valence-electron chi connectivity index (χ1n) is 8.07. The number of fused-ring (bicyclic) bond motifs is 3. The lowest BCUT2D eigenvalue weighted by atomic mass is 9.88. The fourth-order valence-electron chi connectivity index (χ4n) is 3.42. The second-order valence-corrected chi connectivity index (χ2v) is 7.89. The molecule has 4 rings (SSSR count). The molecule has 27 heavy (non-hydrogen) atoms. The predicted octanol–water partition coefficient (Wildman–Crippen LogP) is 5.41. The molecule has 3 aromatic rings. The van der Waals surface area contributed by atoms with Crippen LogP contribution in [0.4, 0.5) is 0 Å². The van der Waals surface area contributed by atoms with Gasteiger partial charge < -0.3 is 9.84 Å². The zero-order valence-electron chi connectivity index (χ0n) is 14.1. The van der Waals surface area contributed by atoms with Crippen molar-refractivity contribution < 1.29 is 14.6 Å². The molecule has 1 aromatic heterocycles. The molecule has 0 fully saturated rings. The summed E-state index contributed by atoms with van der Waals surface area (Å²) in [7, 11) is 1.61. The number of aromatic nitrogens is 2. The van der Waals surface area contributed by atoms with Crippen molar-refractivity contribution >= 4 is 45.1 Å².